The molecule has 0 spiro atoms. The maximum Gasteiger partial charge on any atom is 0.319 e. The normalized spacial score (nSPS) is 10.3. The monoisotopic (exact) mass is 341 g/mol. The zero-order valence-electron chi connectivity index (χ0n) is 13.2. The number of hydrogen-bond acceptors (Lipinski definition) is 4. The topological polar surface area (TPSA) is 76.4 Å². The number of carbonyl (C=O) groups excluding carboxylic acids is 1. The molecule has 2 aromatic carbocycles. The predicted octanol–water partition coefficient (Wildman–Crippen LogP) is 3.71. The molecule has 0 saturated carbocycles. The van der Waals surface area contributed by atoms with Crippen molar-refractivity contribution >= 4 is 11.7 Å². The summed E-state index contributed by atoms with van der Waals surface area (Å²) in [4.78, 5) is 11.8. The van der Waals surface area contributed by atoms with Gasteiger partial charge in [0.2, 0.25) is 0 Å². The van der Waals surface area contributed by atoms with Crippen LogP contribution in [0.2, 0.25) is 0 Å². The number of nitrogens with one attached hydrogen (secondary N) is 2. The molecule has 25 heavy (non-hydrogen) atoms. The molecule has 0 fully saturated rings. The Bertz CT molecular complexity index is 820. The van der Waals surface area contributed by atoms with Crippen LogP contribution in [0.3, 0.4) is 0 Å². The summed E-state index contributed by atoms with van der Waals surface area (Å²) in [6.45, 7) is 0.407. The van der Waals surface area contributed by atoms with Gasteiger partial charge in [-0.15, -0.1) is 0 Å². The summed E-state index contributed by atoms with van der Waals surface area (Å²) in [7, 11) is 0. The number of anilines is 1. The average molecular weight is 341 g/mol. The molecule has 7 heteroatoms. The van der Waals surface area contributed by atoms with E-state index in [-0.39, 0.29) is 25.0 Å². The van der Waals surface area contributed by atoms with E-state index >= 15 is 0 Å². The standard InChI is InChI=1S/C18H16FN3O3/c19-17-4-2-1-3-13(17)12-24-16-7-5-14(6-8-16)21-18(23)20-11-15-9-10-25-22-15/h1-10H,11-12H2,(H2,20,21,23). The van der Waals surface area contributed by atoms with Crippen LogP contribution in [0.5, 0.6) is 5.75 Å². The van der Waals surface area contributed by atoms with Gasteiger partial charge in [0.1, 0.15) is 30.1 Å². The second kappa shape index (κ2) is 7.96. The molecule has 1 aromatic heterocycles. The van der Waals surface area contributed by atoms with E-state index in [1.54, 1.807) is 48.5 Å². The lowest BCUT2D eigenvalue weighted by atomic mass is 10.2. The van der Waals surface area contributed by atoms with E-state index in [0.29, 0.717) is 22.7 Å². The number of nitrogens with zero attached hydrogens (tertiary/aromatic N) is 1. The van der Waals surface area contributed by atoms with Crippen LogP contribution in [0.25, 0.3) is 0 Å². The lowest BCUT2D eigenvalue weighted by Gasteiger charge is -2.09. The Kier molecular flexibility index (Phi) is 5.26. The Morgan fingerprint density at radius 3 is 2.64 bits per heavy atom. The quantitative estimate of drug-likeness (QED) is 0.716. The van der Waals surface area contributed by atoms with Crippen molar-refractivity contribution in [3.8, 4) is 5.75 Å². The summed E-state index contributed by atoms with van der Waals surface area (Å²) < 4.78 is 23.8. The number of amides is 2. The lowest BCUT2D eigenvalue weighted by Crippen LogP contribution is -2.28. The van der Waals surface area contributed by atoms with Crippen LogP contribution in [-0.4, -0.2) is 11.2 Å². The molecular weight excluding hydrogens is 325 g/mol. The van der Waals surface area contributed by atoms with Crippen molar-refractivity contribution in [1.29, 1.82) is 0 Å². The molecule has 0 unspecified atom stereocenters. The summed E-state index contributed by atoms with van der Waals surface area (Å²) in [5.74, 6) is 0.279. The van der Waals surface area contributed by atoms with E-state index in [1.165, 1.54) is 12.3 Å². The molecule has 0 bridgehead atoms. The molecule has 6 nitrogen and oxygen atoms in total. The highest BCUT2D eigenvalue weighted by atomic mass is 19.1. The smallest absolute Gasteiger partial charge is 0.319 e. The van der Waals surface area contributed by atoms with E-state index in [0.717, 1.165) is 0 Å². The highest BCUT2D eigenvalue weighted by Crippen LogP contribution is 2.18. The molecular formula is C18H16FN3O3. The number of benzene rings is 2. The molecule has 0 aliphatic heterocycles. The van der Waals surface area contributed by atoms with E-state index in [4.69, 9.17) is 4.74 Å². The maximum absolute atomic E-state index is 13.5. The van der Waals surface area contributed by atoms with Crippen molar-refractivity contribution in [3.05, 3.63) is 77.9 Å². The van der Waals surface area contributed by atoms with Crippen molar-refractivity contribution < 1.29 is 18.4 Å². The van der Waals surface area contributed by atoms with Crippen molar-refractivity contribution in [2.24, 2.45) is 0 Å². The number of ether oxygens (including phenoxy) is 1. The van der Waals surface area contributed by atoms with Crippen molar-refractivity contribution in [2.45, 2.75) is 13.2 Å². The maximum atomic E-state index is 13.5. The van der Waals surface area contributed by atoms with Gasteiger partial charge >= 0.3 is 6.03 Å². The third-order valence-electron chi connectivity index (χ3n) is 3.39. The van der Waals surface area contributed by atoms with E-state index in [2.05, 4.69) is 20.3 Å². The van der Waals surface area contributed by atoms with Gasteiger partial charge in [-0.3, -0.25) is 0 Å². The molecule has 0 radical (unpaired) electrons. The van der Waals surface area contributed by atoms with Crippen molar-refractivity contribution in [2.75, 3.05) is 5.32 Å². The highest BCUT2D eigenvalue weighted by molar-refractivity contribution is 5.89. The molecule has 0 saturated heterocycles. The Hall–Kier alpha value is -3.35. The number of hydrogen-bond donors (Lipinski definition) is 2. The second-order valence-electron chi connectivity index (χ2n) is 5.20. The number of rotatable bonds is 6. The summed E-state index contributed by atoms with van der Waals surface area (Å²) in [5, 5.41) is 9.04. The number of urea groups is 1. The second-order valence-corrected chi connectivity index (χ2v) is 5.20. The number of aromatic nitrogens is 1. The first-order chi connectivity index (χ1) is 12.2. The summed E-state index contributed by atoms with van der Waals surface area (Å²) in [6, 6.07) is 14.6. The molecule has 1 heterocycles. The summed E-state index contributed by atoms with van der Waals surface area (Å²) >= 11 is 0. The average Bonchev–Trinajstić information content (AvgIpc) is 3.14. The predicted molar refractivity (Wildman–Crippen MR) is 89.5 cm³/mol. The van der Waals surface area contributed by atoms with Gasteiger partial charge in [-0.05, 0) is 30.3 Å². The Morgan fingerprint density at radius 1 is 1.12 bits per heavy atom. The number of carbonyl (C=O) groups is 1. The van der Waals surface area contributed by atoms with Gasteiger partial charge in [0.05, 0.1) is 6.54 Å². The molecule has 2 N–H and O–H groups in total. The summed E-state index contributed by atoms with van der Waals surface area (Å²) in [5.41, 5.74) is 1.72. The minimum absolute atomic E-state index is 0.137. The van der Waals surface area contributed by atoms with Crippen LogP contribution in [-0.2, 0) is 13.2 Å². The van der Waals surface area contributed by atoms with Crippen LogP contribution in [0.15, 0.2) is 65.4 Å². The Balaban J connectivity index is 1.48. The van der Waals surface area contributed by atoms with Gasteiger partial charge in [-0.25, -0.2) is 9.18 Å². The zero-order valence-corrected chi connectivity index (χ0v) is 13.2. The van der Waals surface area contributed by atoms with Crippen LogP contribution in [0.1, 0.15) is 11.3 Å². The fourth-order valence-corrected chi connectivity index (χ4v) is 2.09. The molecule has 3 aromatic rings. The van der Waals surface area contributed by atoms with Gasteiger partial charge in [0.25, 0.3) is 0 Å². The van der Waals surface area contributed by atoms with Crippen LogP contribution in [0.4, 0.5) is 14.9 Å². The molecule has 0 aliphatic carbocycles. The Labute approximate surface area is 143 Å². The van der Waals surface area contributed by atoms with Gasteiger partial charge in [0.15, 0.2) is 0 Å². The van der Waals surface area contributed by atoms with Crippen molar-refractivity contribution in [1.82, 2.24) is 10.5 Å². The Morgan fingerprint density at radius 2 is 1.92 bits per heavy atom. The largest absolute Gasteiger partial charge is 0.489 e. The minimum Gasteiger partial charge on any atom is -0.489 e. The zero-order chi connectivity index (χ0) is 17.5. The fourth-order valence-electron chi connectivity index (χ4n) is 2.09. The van der Waals surface area contributed by atoms with Gasteiger partial charge in [-0.1, -0.05) is 23.4 Å². The highest BCUT2D eigenvalue weighted by Gasteiger charge is 2.05. The van der Waals surface area contributed by atoms with E-state index in [9.17, 15) is 9.18 Å². The first-order valence-electron chi connectivity index (χ1n) is 7.61. The summed E-state index contributed by atoms with van der Waals surface area (Å²) in [6.07, 6.45) is 1.44. The van der Waals surface area contributed by atoms with E-state index in [1.807, 2.05) is 0 Å². The van der Waals surface area contributed by atoms with E-state index < -0.39 is 0 Å². The molecule has 3 rings (SSSR count). The third kappa shape index (κ3) is 4.81. The number of halogens is 1. The van der Waals surface area contributed by atoms with Gasteiger partial charge in [-0.2, -0.15) is 0 Å². The fraction of sp³-hybridized carbons (Fsp3) is 0.111. The molecule has 2 amide bonds. The first-order valence-corrected chi connectivity index (χ1v) is 7.61. The molecule has 0 atom stereocenters. The lowest BCUT2D eigenvalue weighted by molar-refractivity contribution is 0.251. The third-order valence-corrected chi connectivity index (χ3v) is 3.39. The molecule has 128 valence electrons. The van der Waals surface area contributed by atoms with Gasteiger partial charge < -0.3 is 19.9 Å². The van der Waals surface area contributed by atoms with Crippen molar-refractivity contribution in [3.63, 3.8) is 0 Å². The SMILES string of the molecule is O=C(NCc1ccon1)Nc1ccc(OCc2ccccc2F)cc1. The van der Waals surface area contributed by atoms with Crippen LogP contribution in [0, 0.1) is 5.82 Å². The first kappa shape index (κ1) is 16.5. The minimum atomic E-state index is -0.358. The van der Waals surface area contributed by atoms with Crippen LogP contribution < -0.4 is 15.4 Å². The molecule has 0 aliphatic rings. The van der Waals surface area contributed by atoms with Gasteiger partial charge in [0, 0.05) is 17.3 Å². The van der Waals surface area contributed by atoms with Crippen LogP contribution >= 0.6 is 0 Å².